The van der Waals surface area contributed by atoms with Gasteiger partial charge in [0.2, 0.25) is 0 Å². The van der Waals surface area contributed by atoms with Crippen LogP contribution in [0.15, 0.2) is 186 Å². The Morgan fingerprint density at radius 1 is 0.360 bits per heavy atom. The molecule has 50 heavy (non-hydrogen) atoms. The highest BCUT2D eigenvalue weighted by Crippen LogP contribution is 2.41. The molecule has 9 aromatic rings. The van der Waals surface area contributed by atoms with Gasteiger partial charge in [0.05, 0.1) is 5.56 Å². The summed E-state index contributed by atoms with van der Waals surface area (Å²) in [5, 5.41) is 2.07. The molecule has 0 saturated carbocycles. The maximum absolute atomic E-state index is 6.66. The molecule has 0 aliphatic heterocycles. The number of furan rings is 1. The third-order valence-corrected chi connectivity index (χ3v) is 8.93. The van der Waals surface area contributed by atoms with E-state index >= 15 is 0 Å². The molecule has 5 nitrogen and oxygen atoms in total. The number of fused-ring (bicyclic) bond motifs is 3. The Labute approximate surface area is 289 Å². The molecule has 236 valence electrons. The fraction of sp³-hybridized carbons (Fsp3) is 0. The van der Waals surface area contributed by atoms with Gasteiger partial charge in [0.25, 0.3) is 0 Å². The Morgan fingerprint density at radius 3 is 1.42 bits per heavy atom. The predicted octanol–water partition coefficient (Wildman–Crippen LogP) is 11.9. The van der Waals surface area contributed by atoms with Crippen molar-refractivity contribution in [1.82, 2.24) is 15.0 Å². The van der Waals surface area contributed by atoms with Crippen molar-refractivity contribution in [3.63, 3.8) is 0 Å². The summed E-state index contributed by atoms with van der Waals surface area (Å²) in [5.41, 5.74) is 9.71. The molecule has 0 aliphatic carbocycles. The molecule has 0 bridgehead atoms. The van der Waals surface area contributed by atoms with Crippen molar-refractivity contribution in [3.05, 3.63) is 182 Å². The molecule has 0 aliphatic rings. The first-order chi connectivity index (χ1) is 24.8. The maximum Gasteiger partial charge on any atom is 0.167 e. The molecule has 9 rings (SSSR count). The summed E-state index contributed by atoms with van der Waals surface area (Å²) in [6.45, 7) is 0. The van der Waals surface area contributed by atoms with Crippen molar-refractivity contribution in [3.8, 4) is 45.3 Å². The van der Waals surface area contributed by atoms with Gasteiger partial charge in [0, 0.05) is 39.0 Å². The van der Waals surface area contributed by atoms with E-state index < -0.39 is 0 Å². The van der Waals surface area contributed by atoms with Crippen molar-refractivity contribution in [2.45, 2.75) is 0 Å². The van der Waals surface area contributed by atoms with Crippen molar-refractivity contribution in [2.75, 3.05) is 4.90 Å². The Morgan fingerprint density at radius 2 is 0.840 bits per heavy atom. The monoisotopic (exact) mass is 642 g/mol. The molecular weight excluding hydrogens is 613 g/mol. The summed E-state index contributed by atoms with van der Waals surface area (Å²) in [7, 11) is 0. The van der Waals surface area contributed by atoms with Gasteiger partial charge < -0.3 is 9.32 Å². The fourth-order valence-electron chi connectivity index (χ4n) is 6.58. The minimum absolute atomic E-state index is 0.565. The lowest BCUT2D eigenvalue weighted by Gasteiger charge is -2.25. The molecule has 2 aromatic heterocycles. The summed E-state index contributed by atoms with van der Waals surface area (Å²) in [6, 6.07) is 62.1. The number of nitrogens with zero attached hydrogens (tertiary/aromatic N) is 4. The standard InChI is InChI=1S/C45H30N4O/c1-5-15-32(16-6-1)43-46-44(33-17-7-2-8-18-33)48-45(47-43)39-25-13-24-38-41-37(23-14-26-40(41)50-42(38)39)31-27-29-36(30-28-31)49(34-19-9-3-10-20-34)35-21-11-4-12-22-35/h1-30H. The van der Waals surface area contributed by atoms with Gasteiger partial charge in [-0.3, -0.25) is 0 Å². The second-order valence-corrected chi connectivity index (χ2v) is 12.1. The van der Waals surface area contributed by atoms with E-state index in [1.54, 1.807) is 0 Å². The normalized spacial score (nSPS) is 11.2. The molecule has 0 spiro atoms. The fourth-order valence-corrected chi connectivity index (χ4v) is 6.58. The number of benzene rings is 7. The largest absolute Gasteiger partial charge is 0.455 e. The molecular formula is C45H30N4O. The number of anilines is 3. The van der Waals surface area contributed by atoms with Gasteiger partial charge in [0.1, 0.15) is 11.2 Å². The van der Waals surface area contributed by atoms with E-state index in [0.717, 1.165) is 66.8 Å². The Balaban J connectivity index is 1.17. The highest BCUT2D eigenvalue weighted by molar-refractivity contribution is 6.15. The number of aromatic nitrogens is 3. The first-order valence-corrected chi connectivity index (χ1v) is 16.6. The minimum Gasteiger partial charge on any atom is -0.455 e. The lowest BCUT2D eigenvalue weighted by atomic mass is 9.98. The van der Waals surface area contributed by atoms with E-state index in [1.165, 1.54) is 0 Å². The van der Waals surface area contributed by atoms with Gasteiger partial charge in [-0.1, -0.05) is 133 Å². The number of rotatable bonds is 7. The van der Waals surface area contributed by atoms with Crippen LogP contribution in [0.1, 0.15) is 0 Å². The number of hydrogen-bond acceptors (Lipinski definition) is 5. The SMILES string of the molecule is c1ccc(-c2nc(-c3ccccc3)nc(-c3cccc4c3oc3cccc(-c5ccc(N(c6ccccc6)c6ccccc6)cc5)c34)n2)cc1. The summed E-state index contributed by atoms with van der Waals surface area (Å²) >= 11 is 0. The molecule has 0 saturated heterocycles. The first-order valence-electron chi connectivity index (χ1n) is 16.6. The highest BCUT2D eigenvalue weighted by atomic mass is 16.3. The van der Waals surface area contributed by atoms with Crippen LogP contribution in [-0.2, 0) is 0 Å². The van der Waals surface area contributed by atoms with Crippen LogP contribution >= 0.6 is 0 Å². The van der Waals surface area contributed by atoms with Crippen LogP contribution in [-0.4, -0.2) is 15.0 Å². The second-order valence-electron chi connectivity index (χ2n) is 12.1. The van der Waals surface area contributed by atoms with Gasteiger partial charge >= 0.3 is 0 Å². The van der Waals surface area contributed by atoms with E-state index in [-0.39, 0.29) is 0 Å². The number of para-hydroxylation sites is 3. The molecule has 7 aromatic carbocycles. The van der Waals surface area contributed by atoms with E-state index in [4.69, 9.17) is 19.4 Å². The lowest BCUT2D eigenvalue weighted by molar-refractivity contribution is 0.669. The van der Waals surface area contributed by atoms with Crippen LogP contribution < -0.4 is 4.90 Å². The van der Waals surface area contributed by atoms with Crippen molar-refractivity contribution >= 4 is 39.0 Å². The molecule has 0 N–H and O–H groups in total. The van der Waals surface area contributed by atoms with Gasteiger partial charge in [-0.25, -0.2) is 15.0 Å². The van der Waals surface area contributed by atoms with Gasteiger partial charge in [0.15, 0.2) is 17.5 Å². The van der Waals surface area contributed by atoms with Crippen LogP contribution in [0.25, 0.3) is 67.2 Å². The summed E-state index contributed by atoms with van der Waals surface area (Å²) in [6.07, 6.45) is 0. The van der Waals surface area contributed by atoms with Crippen molar-refractivity contribution < 1.29 is 4.42 Å². The van der Waals surface area contributed by atoms with Crippen molar-refractivity contribution in [1.29, 1.82) is 0 Å². The van der Waals surface area contributed by atoms with Crippen LogP contribution in [0.5, 0.6) is 0 Å². The Hall–Kier alpha value is -6.85. The zero-order valence-corrected chi connectivity index (χ0v) is 27.0. The second kappa shape index (κ2) is 12.6. The molecule has 0 radical (unpaired) electrons. The Kier molecular flexibility index (Phi) is 7.41. The third kappa shape index (κ3) is 5.37. The average molecular weight is 643 g/mol. The third-order valence-electron chi connectivity index (χ3n) is 8.93. The molecule has 5 heteroatoms. The molecule has 0 amide bonds. The van der Waals surface area contributed by atoms with E-state index in [9.17, 15) is 0 Å². The smallest absolute Gasteiger partial charge is 0.167 e. The van der Waals surface area contributed by atoms with Crippen LogP contribution in [0.2, 0.25) is 0 Å². The minimum atomic E-state index is 0.565. The first kappa shape index (κ1) is 29.3. The maximum atomic E-state index is 6.66. The van der Waals surface area contributed by atoms with Crippen LogP contribution in [0.3, 0.4) is 0 Å². The van der Waals surface area contributed by atoms with Gasteiger partial charge in [-0.05, 0) is 59.7 Å². The van der Waals surface area contributed by atoms with Crippen LogP contribution in [0.4, 0.5) is 17.1 Å². The van der Waals surface area contributed by atoms with Crippen LogP contribution in [0, 0.1) is 0 Å². The molecule has 2 heterocycles. The van der Waals surface area contributed by atoms with E-state index in [1.807, 2.05) is 84.9 Å². The quantitative estimate of drug-likeness (QED) is 0.173. The summed E-state index contributed by atoms with van der Waals surface area (Å²) in [4.78, 5) is 17.1. The predicted molar refractivity (Wildman–Crippen MR) is 204 cm³/mol. The van der Waals surface area contributed by atoms with Crippen molar-refractivity contribution in [2.24, 2.45) is 0 Å². The summed E-state index contributed by atoms with van der Waals surface area (Å²) < 4.78 is 6.66. The zero-order chi connectivity index (χ0) is 33.3. The summed E-state index contributed by atoms with van der Waals surface area (Å²) in [5.74, 6) is 1.79. The molecule has 0 atom stereocenters. The van der Waals surface area contributed by atoms with E-state index in [2.05, 4.69) is 102 Å². The zero-order valence-electron chi connectivity index (χ0n) is 27.0. The van der Waals surface area contributed by atoms with Gasteiger partial charge in [-0.2, -0.15) is 0 Å². The molecule has 0 unspecified atom stereocenters. The topological polar surface area (TPSA) is 55.1 Å². The highest BCUT2D eigenvalue weighted by Gasteiger charge is 2.20. The average Bonchev–Trinajstić information content (AvgIpc) is 3.59. The lowest BCUT2D eigenvalue weighted by Crippen LogP contribution is -2.09. The van der Waals surface area contributed by atoms with Gasteiger partial charge in [-0.15, -0.1) is 0 Å². The number of hydrogen-bond donors (Lipinski definition) is 0. The Bertz CT molecular complexity index is 2470. The van der Waals surface area contributed by atoms with E-state index in [0.29, 0.717) is 17.5 Å². The molecule has 0 fully saturated rings.